The Morgan fingerprint density at radius 2 is 2.15 bits per heavy atom. The van der Waals surface area contributed by atoms with Crippen LogP contribution in [-0.4, -0.2) is 11.2 Å². The van der Waals surface area contributed by atoms with Crippen LogP contribution in [0.25, 0.3) is 0 Å². The number of nitrogens with one attached hydrogen (secondary N) is 1. The first-order valence-electron chi connectivity index (χ1n) is 5.23. The second kappa shape index (κ2) is 5.68. The standard InChI is InChI=1S/C11H8ClF3N4S/c12-7-1-2-8(11(13,14)15)6(3-7)4-17-19-10-18-9(16)5-20-10/h1-5H,16H2,(H,18,19). The van der Waals surface area contributed by atoms with Crippen LogP contribution in [0.15, 0.2) is 28.7 Å². The Kier molecular flexibility index (Phi) is 4.15. The fraction of sp³-hybridized carbons (Fsp3) is 0.0909. The molecule has 0 aliphatic carbocycles. The molecule has 0 aliphatic rings. The smallest absolute Gasteiger partial charge is 0.383 e. The first-order valence-corrected chi connectivity index (χ1v) is 6.49. The molecule has 3 N–H and O–H groups in total. The van der Waals surface area contributed by atoms with Gasteiger partial charge in [-0.05, 0) is 18.2 Å². The molecule has 0 saturated heterocycles. The lowest BCUT2D eigenvalue weighted by molar-refractivity contribution is -0.137. The molecule has 0 radical (unpaired) electrons. The van der Waals surface area contributed by atoms with Crippen molar-refractivity contribution in [2.24, 2.45) is 5.10 Å². The predicted octanol–water partition coefficient (Wildman–Crippen LogP) is 3.84. The summed E-state index contributed by atoms with van der Waals surface area (Å²) in [7, 11) is 0. The molecule has 106 valence electrons. The van der Waals surface area contributed by atoms with Crippen LogP contribution in [0.1, 0.15) is 11.1 Å². The van der Waals surface area contributed by atoms with Crippen molar-refractivity contribution in [1.29, 1.82) is 0 Å². The van der Waals surface area contributed by atoms with Gasteiger partial charge in [0.25, 0.3) is 0 Å². The molecule has 4 nitrogen and oxygen atoms in total. The Morgan fingerprint density at radius 1 is 1.40 bits per heavy atom. The first kappa shape index (κ1) is 14.6. The van der Waals surface area contributed by atoms with Crippen LogP contribution in [0.3, 0.4) is 0 Å². The van der Waals surface area contributed by atoms with Crippen LogP contribution in [0.4, 0.5) is 24.1 Å². The Morgan fingerprint density at radius 3 is 2.75 bits per heavy atom. The molecule has 0 fully saturated rings. The van der Waals surface area contributed by atoms with E-state index in [1.165, 1.54) is 23.5 Å². The number of nitrogens with zero attached hydrogens (tertiary/aromatic N) is 2. The molecule has 0 saturated carbocycles. The highest BCUT2D eigenvalue weighted by Gasteiger charge is 2.32. The maximum atomic E-state index is 12.8. The lowest BCUT2D eigenvalue weighted by Gasteiger charge is -2.09. The van der Waals surface area contributed by atoms with Crippen molar-refractivity contribution < 1.29 is 13.2 Å². The van der Waals surface area contributed by atoms with Crippen molar-refractivity contribution in [3.8, 4) is 0 Å². The minimum absolute atomic E-state index is 0.137. The number of aromatic nitrogens is 1. The largest absolute Gasteiger partial charge is 0.417 e. The lowest BCUT2D eigenvalue weighted by Crippen LogP contribution is -2.09. The van der Waals surface area contributed by atoms with Gasteiger partial charge in [0, 0.05) is 16.0 Å². The molecular formula is C11H8ClF3N4S. The Balaban J connectivity index is 2.21. The average Bonchev–Trinajstić information content (AvgIpc) is 2.73. The molecule has 1 aromatic heterocycles. The van der Waals surface area contributed by atoms with Crippen LogP contribution in [0.5, 0.6) is 0 Å². The van der Waals surface area contributed by atoms with Gasteiger partial charge in [0.2, 0.25) is 5.13 Å². The van der Waals surface area contributed by atoms with Crippen molar-refractivity contribution in [1.82, 2.24) is 4.98 Å². The topological polar surface area (TPSA) is 63.3 Å². The van der Waals surface area contributed by atoms with E-state index < -0.39 is 11.7 Å². The molecule has 0 bridgehead atoms. The number of benzene rings is 1. The highest BCUT2D eigenvalue weighted by Crippen LogP contribution is 2.32. The van der Waals surface area contributed by atoms with Gasteiger partial charge in [-0.3, -0.25) is 5.43 Å². The zero-order valence-corrected chi connectivity index (χ0v) is 11.4. The molecule has 0 unspecified atom stereocenters. The number of nitrogens with two attached hydrogens (primary N) is 1. The third-order valence-electron chi connectivity index (χ3n) is 2.20. The van der Waals surface area contributed by atoms with Crippen molar-refractivity contribution in [2.45, 2.75) is 6.18 Å². The number of halogens is 4. The number of hydrogen-bond acceptors (Lipinski definition) is 5. The highest BCUT2D eigenvalue weighted by atomic mass is 35.5. The van der Waals surface area contributed by atoms with Gasteiger partial charge in [-0.1, -0.05) is 11.6 Å². The van der Waals surface area contributed by atoms with Gasteiger partial charge < -0.3 is 5.73 Å². The van der Waals surface area contributed by atoms with Gasteiger partial charge in [0.05, 0.1) is 11.8 Å². The van der Waals surface area contributed by atoms with Gasteiger partial charge in [0.1, 0.15) is 5.82 Å². The molecule has 2 rings (SSSR count). The maximum Gasteiger partial charge on any atom is 0.417 e. The zero-order valence-electron chi connectivity index (χ0n) is 9.78. The highest BCUT2D eigenvalue weighted by molar-refractivity contribution is 7.14. The summed E-state index contributed by atoms with van der Waals surface area (Å²) in [6, 6.07) is 3.27. The van der Waals surface area contributed by atoms with E-state index in [2.05, 4.69) is 15.5 Å². The third-order valence-corrected chi connectivity index (χ3v) is 3.21. The summed E-state index contributed by atoms with van der Waals surface area (Å²) < 4.78 is 38.3. The number of anilines is 2. The minimum Gasteiger partial charge on any atom is -0.383 e. The minimum atomic E-state index is -4.47. The van der Waals surface area contributed by atoms with E-state index in [-0.39, 0.29) is 10.6 Å². The van der Waals surface area contributed by atoms with E-state index in [9.17, 15) is 13.2 Å². The Labute approximate surface area is 121 Å². The van der Waals surface area contributed by atoms with Crippen molar-refractivity contribution in [2.75, 3.05) is 11.2 Å². The SMILES string of the molecule is Nc1csc(NN=Cc2cc(Cl)ccc2C(F)(F)F)n1. The second-order valence-corrected chi connectivity index (χ2v) is 4.97. The van der Waals surface area contributed by atoms with E-state index in [0.717, 1.165) is 12.3 Å². The summed E-state index contributed by atoms with van der Waals surface area (Å²) in [5, 5.41) is 5.86. The zero-order chi connectivity index (χ0) is 14.8. The van der Waals surface area contributed by atoms with Gasteiger partial charge in [-0.2, -0.15) is 18.3 Å². The van der Waals surface area contributed by atoms with Gasteiger partial charge >= 0.3 is 6.18 Å². The summed E-state index contributed by atoms with van der Waals surface area (Å²) >= 11 is 6.88. The van der Waals surface area contributed by atoms with E-state index >= 15 is 0 Å². The molecule has 2 aromatic rings. The van der Waals surface area contributed by atoms with Crippen LogP contribution >= 0.6 is 22.9 Å². The summed E-state index contributed by atoms with van der Waals surface area (Å²) in [6.45, 7) is 0. The number of rotatable bonds is 3. The normalized spacial score (nSPS) is 12.0. The quantitative estimate of drug-likeness (QED) is 0.667. The van der Waals surface area contributed by atoms with Crippen LogP contribution in [0.2, 0.25) is 5.02 Å². The molecule has 0 spiro atoms. The molecular weight excluding hydrogens is 313 g/mol. The second-order valence-electron chi connectivity index (χ2n) is 3.68. The summed E-state index contributed by atoms with van der Waals surface area (Å²) in [5.74, 6) is 0.312. The number of alkyl halides is 3. The molecule has 0 aliphatic heterocycles. The number of nitrogen functional groups attached to an aromatic ring is 1. The van der Waals surface area contributed by atoms with E-state index in [1.54, 1.807) is 5.38 Å². The monoisotopic (exact) mass is 320 g/mol. The molecule has 9 heteroatoms. The third kappa shape index (κ3) is 3.61. The van der Waals surface area contributed by atoms with Crippen LogP contribution in [-0.2, 0) is 6.18 Å². The molecule has 0 amide bonds. The van der Waals surface area contributed by atoms with E-state index in [1.807, 2.05) is 0 Å². The fourth-order valence-electron chi connectivity index (χ4n) is 1.39. The Bertz CT molecular complexity index is 639. The molecule has 1 aromatic carbocycles. The number of thiazole rings is 1. The van der Waals surface area contributed by atoms with Gasteiger partial charge in [-0.15, -0.1) is 11.3 Å². The molecule has 0 atom stereocenters. The van der Waals surface area contributed by atoms with Crippen LogP contribution < -0.4 is 11.2 Å². The maximum absolute atomic E-state index is 12.8. The van der Waals surface area contributed by atoms with E-state index in [0.29, 0.717) is 10.9 Å². The van der Waals surface area contributed by atoms with Crippen molar-refractivity contribution >= 4 is 40.1 Å². The predicted molar refractivity (Wildman–Crippen MR) is 74.2 cm³/mol. The van der Waals surface area contributed by atoms with Gasteiger partial charge in [-0.25, -0.2) is 4.98 Å². The van der Waals surface area contributed by atoms with Gasteiger partial charge in [0.15, 0.2) is 0 Å². The summed E-state index contributed by atoms with van der Waals surface area (Å²) in [5.41, 5.74) is 6.95. The fourth-order valence-corrected chi connectivity index (χ4v) is 2.12. The van der Waals surface area contributed by atoms with Crippen LogP contribution in [0, 0.1) is 0 Å². The first-order chi connectivity index (χ1) is 9.36. The van der Waals surface area contributed by atoms with Crippen molar-refractivity contribution in [3.63, 3.8) is 0 Å². The average molecular weight is 321 g/mol. The summed E-state index contributed by atoms with van der Waals surface area (Å²) in [4.78, 5) is 3.85. The molecule has 20 heavy (non-hydrogen) atoms. The number of hydrazone groups is 1. The lowest BCUT2D eigenvalue weighted by atomic mass is 10.1. The summed E-state index contributed by atoms with van der Waals surface area (Å²) in [6.07, 6.45) is -3.44. The molecule has 1 heterocycles. The van der Waals surface area contributed by atoms with E-state index in [4.69, 9.17) is 17.3 Å². The number of hydrogen-bond donors (Lipinski definition) is 2. The Hall–Kier alpha value is -1.80. The van der Waals surface area contributed by atoms with Crippen molar-refractivity contribution in [3.05, 3.63) is 39.7 Å².